The molecule has 3 N–H and O–H groups in total. The van der Waals surface area contributed by atoms with Crippen molar-refractivity contribution >= 4 is 35.8 Å². The van der Waals surface area contributed by atoms with E-state index in [1.807, 2.05) is 57.2 Å². The number of carbonyl (C=O) groups is 3. The highest BCUT2D eigenvalue weighted by Gasteiger charge is 2.25. The molecule has 9 rings (SSSR count). The second kappa shape index (κ2) is 22.0. The van der Waals surface area contributed by atoms with Gasteiger partial charge in [0.15, 0.2) is 0 Å². The minimum Gasteiger partial charge on any atom is -0.408 e. The molecule has 0 saturated heterocycles. The summed E-state index contributed by atoms with van der Waals surface area (Å²) >= 11 is 0. The van der Waals surface area contributed by atoms with E-state index in [-0.39, 0.29) is 35.8 Å². The van der Waals surface area contributed by atoms with Crippen molar-refractivity contribution in [3.05, 3.63) is 124 Å². The molecule has 0 atom stereocenters. The van der Waals surface area contributed by atoms with E-state index >= 15 is 0 Å². The van der Waals surface area contributed by atoms with Crippen LogP contribution in [0.2, 0.25) is 0 Å². The highest BCUT2D eigenvalue weighted by molar-refractivity contribution is 6.04. The maximum absolute atomic E-state index is 12.1. The summed E-state index contributed by atoms with van der Waals surface area (Å²) in [5.74, 6) is 2.29. The summed E-state index contributed by atoms with van der Waals surface area (Å²) in [5.41, 5.74) is 5.09. The predicted octanol–water partition coefficient (Wildman–Crippen LogP) is 11.0. The van der Waals surface area contributed by atoms with Gasteiger partial charge < -0.3 is 13.3 Å². The molecule has 15 heteroatoms. The molecule has 0 radical (unpaired) electrons. The van der Waals surface area contributed by atoms with Crippen molar-refractivity contribution in [1.82, 2.24) is 30.6 Å². The standard InChI is InChI=1S/C17H21N3O2.C16H19N3O2.C15H17N3O2/c1-12-8-10-13(11-9-12)15(21)18-17-20-19-16(22-17)14-6-4-2-3-5-7-14;1-11-7-9-12(10-8-11)14(20)17-16-19-18-15(21-16)13-5-3-2-4-6-13;1-10-6-8-11(9-7-10)13(19)16-15-18-17-14(20-15)12-4-2-3-5-12/h8-11,14H,2-7H2,1H3,(H,18,20,21);7-10,13H,2-6H2,1H3,(H,17,19,20);6-9,12H,2-5H2,1H3,(H,16,18,19). The number of rotatable bonds is 9. The first-order valence-electron chi connectivity index (χ1n) is 22.3. The molecule has 3 saturated carbocycles. The average molecular weight is 856 g/mol. The first-order chi connectivity index (χ1) is 30.7. The monoisotopic (exact) mass is 855 g/mol. The van der Waals surface area contributed by atoms with Crippen LogP contribution in [0.25, 0.3) is 0 Å². The number of nitrogens with one attached hydrogen (secondary N) is 3. The maximum Gasteiger partial charge on any atom is 0.322 e. The van der Waals surface area contributed by atoms with Gasteiger partial charge in [0.25, 0.3) is 17.7 Å². The Morgan fingerprint density at radius 3 is 0.889 bits per heavy atom. The molecule has 330 valence electrons. The van der Waals surface area contributed by atoms with E-state index in [1.54, 1.807) is 36.4 Å². The first-order valence-corrected chi connectivity index (χ1v) is 22.3. The smallest absolute Gasteiger partial charge is 0.322 e. The zero-order valence-corrected chi connectivity index (χ0v) is 36.4. The number of nitrogens with zero attached hydrogens (tertiary/aromatic N) is 6. The fourth-order valence-corrected chi connectivity index (χ4v) is 8.02. The van der Waals surface area contributed by atoms with Crippen molar-refractivity contribution in [2.24, 2.45) is 0 Å². The minimum absolute atomic E-state index is 0.178. The number of amides is 3. The zero-order valence-electron chi connectivity index (χ0n) is 36.4. The normalized spacial score (nSPS) is 15.9. The Morgan fingerprint density at radius 1 is 0.381 bits per heavy atom. The van der Waals surface area contributed by atoms with Crippen molar-refractivity contribution in [3.63, 3.8) is 0 Å². The molecule has 0 unspecified atom stereocenters. The summed E-state index contributed by atoms with van der Waals surface area (Å²) in [6.45, 7) is 5.95. The van der Waals surface area contributed by atoms with Gasteiger partial charge in [-0.1, -0.05) is 126 Å². The quantitative estimate of drug-likeness (QED) is 0.116. The predicted molar refractivity (Wildman–Crippen MR) is 238 cm³/mol. The molecule has 3 amide bonds. The molecule has 0 spiro atoms. The molecule has 3 fully saturated rings. The Labute approximate surface area is 367 Å². The second-order valence-corrected chi connectivity index (χ2v) is 16.8. The molecule has 3 aliphatic rings. The SMILES string of the molecule is Cc1ccc(C(=O)Nc2nnc(C3CCCC3)o2)cc1.Cc1ccc(C(=O)Nc2nnc(C3CCCCC3)o2)cc1.Cc1ccc(C(=O)Nc2nnc(C3CCCCCC3)o2)cc1. The first kappa shape index (κ1) is 44.5. The molecule has 0 aliphatic heterocycles. The van der Waals surface area contributed by atoms with E-state index in [0.717, 1.165) is 55.2 Å². The molecule has 3 heterocycles. The number of hydrogen-bond donors (Lipinski definition) is 3. The molecular weight excluding hydrogens is 799 g/mol. The average Bonchev–Trinajstić information content (AvgIpc) is 4.14. The van der Waals surface area contributed by atoms with E-state index in [0.29, 0.717) is 52.1 Å². The van der Waals surface area contributed by atoms with Gasteiger partial charge in [0, 0.05) is 34.4 Å². The lowest BCUT2D eigenvalue weighted by Gasteiger charge is -2.17. The number of carbonyl (C=O) groups excluding carboxylic acids is 3. The number of anilines is 3. The molecule has 15 nitrogen and oxygen atoms in total. The third-order valence-electron chi connectivity index (χ3n) is 11.8. The van der Waals surface area contributed by atoms with Gasteiger partial charge in [-0.3, -0.25) is 30.3 Å². The van der Waals surface area contributed by atoms with E-state index in [2.05, 4.69) is 46.5 Å². The van der Waals surface area contributed by atoms with Crippen LogP contribution in [0.5, 0.6) is 0 Å². The van der Waals surface area contributed by atoms with Crippen molar-refractivity contribution in [1.29, 1.82) is 0 Å². The Hall–Kier alpha value is -6.51. The Morgan fingerprint density at radius 2 is 0.619 bits per heavy atom. The summed E-state index contributed by atoms with van der Waals surface area (Å²) in [7, 11) is 0. The Bertz CT molecular complexity index is 2370. The summed E-state index contributed by atoms with van der Waals surface area (Å²) in [6, 6.07) is 22.6. The maximum atomic E-state index is 12.1. The van der Waals surface area contributed by atoms with Crippen molar-refractivity contribution in [3.8, 4) is 0 Å². The minimum atomic E-state index is -0.230. The highest BCUT2D eigenvalue weighted by Crippen LogP contribution is 2.35. The largest absolute Gasteiger partial charge is 0.408 e. The van der Waals surface area contributed by atoms with Crippen LogP contribution in [-0.2, 0) is 0 Å². The summed E-state index contributed by atoms with van der Waals surface area (Å²) in [6.07, 6.45) is 17.6. The van der Waals surface area contributed by atoms with E-state index < -0.39 is 0 Å². The van der Waals surface area contributed by atoms with E-state index in [1.165, 1.54) is 57.8 Å². The van der Waals surface area contributed by atoms with Crippen molar-refractivity contribution < 1.29 is 27.6 Å². The third-order valence-corrected chi connectivity index (χ3v) is 11.8. The molecule has 63 heavy (non-hydrogen) atoms. The lowest BCUT2D eigenvalue weighted by molar-refractivity contribution is 0.101. The fraction of sp³-hybridized carbons (Fsp3) is 0.438. The van der Waals surface area contributed by atoms with Gasteiger partial charge in [-0.25, -0.2) is 0 Å². The van der Waals surface area contributed by atoms with Crippen LogP contribution in [0.15, 0.2) is 86.0 Å². The number of aryl methyl sites for hydroxylation is 3. The van der Waals surface area contributed by atoms with Gasteiger partial charge in [0.05, 0.1) is 0 Å². The lowest BCUT2D eigenvalue weighted by atomic mass is 9.89. The summed E-state index contributed by atoms with van der Waals surface area (Å²) in [4.78, 5) is 36.2. The summed E-state index contributed by atoms with van der Waals surface area (Å²) in [5, 5.41) is 32.0. The van der Waals surface area contributed by atoms with Crippen LogP contribution in [0.4, 0.5) is 18.0 Å². The highest BCUT2D eigenvalue weighted by atomic mass is 16.4. The van der Waals surface area contributed by atoms with Gasteiger partial charge in [-0.2, -0.15) is 0 Å². The molecule has 6 aromatic rings. The number of benzene rings is 3. The topological polar surface area (TPSA) is 204 Å². The summed E-state index contributed by atoms with van der Waals surface area (Å²) < 4.78 is 16.8. The fourth-order valence-electron chi connectivity index (χ4n) is 8.02. The molecule has 0 bridgehead atoms. The molecular formula is C48H57N9O6. The number of hydrogen-bond acceptors (Lipinski definition) is 12. The van der Waals surface area contributed by atoms with Gasteiger partial charge in [-0.05, 0) is 95.7 Å². The molecule has 3 aromatic heterocycles. The van der Waals surface area contributed by atoms with Crippen LogP contribution in [0, 0.1) is 20.8 Å². The van der Waals surface area contributed by atoms with Crippen LogP contribution in [0.3, 0.4) is 0 Å². The Balaban J connectivity index is 0.000000142. The molecule has 3 aliphatic carbocycles. The van der Waals surface area contributed by atoms with Gasteiger partial charge in [0.1, 0.15) is 0 Å². The van der Waals surface area contributed by atoms with Gasteiger partial charge >= 0.3 is 18.0 Å². The number of aromatic nitrogens is 6. The lowest BCUT2D eigenvalue weighted by Crippen LogP contribution is -2.12. The van der Waals surface area contributed by atoms with E-state index in [9.17, 15) is 14.4 Å². The van der Waals surface area contributed by atoms with Crippen LogP contribution in [-0.4, -0.2) is 48.3 Å². The second-order valence-electron chi connectivity index (χ2n) is 16.8. The van der Waals surface area contributed by atoms with Gasteiger partial charge in [-0.15, -0.1) is 15.3 Å². The zero-order chi connectivity index (χ0) is 44.0. The van der Waals surface area contributed by atoms with Crippen molar-refractivity contribution in [2.75, 3.05) is 16.0 Å². The van der Waals surface area contributed by atoms with Crippen molar-refractivity contribution in [2.45, 2.75) is 135 Å². The third kappa shape index (κ3) is 13.0. The van der Waals surface area contributed by atoms with Crippen LogP contribution in [0.1, 0.15) is 180 Å². The molecule has 3 aromatic carbocycles. The Kier molecular flexibility index (Phi) is 15.6. The van der Waals surface area contributed by atoms with Crippen LogP contribution < -0.4 is 16.0 Å². The van der Waals surface area contributed by atoms with E-state index in [4.69, 9.17) is 13.3 Å². The van der Waals surface area contributed by atoms with Gasteiger partial charge in [0.2, 0.25) is 17.7 Å². The van der Waals surface area contributed by atoms with Crippen LogP contribution >= 0.6 is 0 Å².